The molecule has 0 spiro atoms. The lowest BCUT2D eigenvalue weighted by Gasteiger charge is -1.93. The van der Waals surface area contributed by atoms with E-state index in [0.717, 1.165) is 0 Å². The van der Waals surface area contributed by atoms with Crippen molar-refractivity contribution in [1.29, 1.82) is 0 Å². The molecular weight excluding hydrogens is 178 g/mol. The highest BCUT2D eigenvalue weighted by atomic mass is 35.5. The Morgan fingerprint density at radius 1 is 1.75 bits per heavy atom. The van der Waals surface area contributed by atoms with Crippen molar-refractivity contribution in [3.05, 3.63) is 35.6 Å². The Bertz CT molecular complexity index is 304. The lowest BCUT2D eigenvalue weighted by atomic mass is 10.4. The fourth-order valence-electron chi connectivity index (χ4n) is 0.842. The number of halogens is 1. The number of hydrogen-bond donors (Lipinski definition) is 1. The van der Waals surface area contributed by atoms with Gasteiger partial charge in [-0.15, -0.1) is 0 Å². The zero-order valence-corrected chi connectivity index (χ0v) is 7.03. The molecule has 64 valence electrons. The summed E-state index contributed by atoms with van der Waals surface area (Å²) in [6.45, 7) is 0.594. The van der Waals surface area contributed by atoms with Crippen LogP contribution in [0, 0.1) is 0 Å². The number of aromatic nitrogens is 1. The Kier molecular flexibility index (Phi) is 2.94. The van der Waals surface area contributed by atoms with Gasteiger partial charge in [0.15, 0.2) is 0 Å². The molecule has 0 saturated heterocycles. The van der Waals surface area contributed by atoms with Crippen LogP contribution in [0.3, 0.4) is 0 Å². The van der Waals surface area contributed by atoms with Crippen LogP contribution < -0.4 is 0 Å². The van der Waals surface area contributed by atoms with E-state index in [1.165, 1.54) is 5.54 Å². The smallest absolute Gasteiger partial charge is 0.337 e. The topological polar surface area (TPSA) is 42.2 Å². The summed E-state index contributed by atoms with van der Waals surface area (Å²) < 4.78 is 1.74. The zero-order valence-electron chi connectivity index (χ0n) is 6.27. The molecule has 1 N–H and O–H groups in total. The molecule has 1 aromatic heterocycles. The van der Waals surface area contributed by atoms with Gasteiger partial charge < -0.3 is 9.67 Å². The summed E-state index contributed by atoms with van der Waals surface area (Å²) >= 11 is 5.31. The number of allylic oxidation sites excluding steroid dienone is 1. The van der Waals surface area contributed by atoms with E-state index in [1.807, 2.05) is 0 Å². The number of nitrogens with zero attached hydrogens (tertiary/aromatic N) is 1. The summed E-state index contributed by atoms with van der Waals surface area (Å²) in [5.74, 6) is -0.913. The Morgan fingerprint density at radius 2 is 2.50 bits per heavy atom. The second-order valence-electron chi connectivity index (χ2n) is 2.26. The lowest BCUT2D eigenvalue weighted by Crippen LogP contribution is -1.94. The third-order valence-corrected chi connectivity index (χ3v) is 1.58. The van der Waals surface area contributed by atoms with E-state index in [4.69, 9.17) is 16.7 Å². The van der Waals surface area contributed by atoms with Crippen LogP contribution in [0.25, 0.3) is 0 Å². The van der Waals surface area contributed by atoms with Crippen molar-refractivity contribution < 1.29 is 9.90 Å². The number of carbonyl (C=O) groups is 1. The minimum absolute atomic E-state index is 0.290. The van der Waals surface area contributed by atoms with Gasteiger partial charge in [-0.3, -0.25) is 0 Å². The van der Waals surface area contributed by atoms with Crippen LogP contribution in [0.5, 0.6) is 0 Å². The first-order valence-corrected chi connectivity index (χ1v) is 3.82. The highest BCUT2D eigenvalue weighted by Crippen LogP contribution is 2.01. The first-order valence-electron chi connectivity index (χ1n) is 3.38. The number of aromatic carboxylic acids is 1. The Balaban J connectivity index is 2.70. The van der Waals surface area contributed by atoms with Gasteiger partial charge in [0.2, 0.25) is 0 Å². The SMILES string of the molecule is O=C(O)c1ccn(C/C=C/Cl)c1. The number of hydrogen-bond acceptors (Lipinski definition) is 1. The average molecular weight is 186 g/mol. The standard InChI is InChI=1S/C8H8ClNO2/c9-3-1-4-10-5-2-7(6-10)8(11)12/h1-3,5-6H,4H2,(H,11,12)/b3-1+. The van der Waals surface area contributed by atoms with Crippen LogP contribution in [-0.2, 0) is 6.54 Å². The van der Waals surface area contributed by atoms with Crippen molar-refractivity contribution in [3.63, 3.8) is 0 Å². The quantitative estimate of drug-likeness (QED) is 0.782. The van der Waals surface area contributed by atoms with Crippen LogP contribution in [0.15, 0.2) is 30.1 Å². The zero-order chi connectivity index (χ0) is 8.97. The van der Waals surface area contributed by atoms with Gasteiger partial charge in [-0.2, -0.15) is 0 Å². The molecular formula is C8H8ClNO2. The van der Waals surface area contributed by atoms with E-state index in [1.54, 1.807) is 29.1 Å². The summed E-state index contributed by atoms with van der Waals surface area (Å²) in [4.78, 5) is 10.4. The lowest BCUT2D eigenvalue weighted by molar-refractivity contribution is 0.0697. The predicted octanol–water partition coefficient (Wildman–Crippen LogP) is 1.94. The van der Waals surface area contributed by atoms with Gasteiger partial charge in [0.25, 0.3) is 0 Å². The third kappa shape index (κ3) is 2.13. The summed E-state index contributed by atoms with van der Waals surface area (Å²) in [6, 6.07) is 1.55. The van der Waals surface area contributed by atoms with Crippen LogP contribution in [0.2, 0.25) is 0 Å². The Hall–Kier alpha value is -1.22. The Labute approximate surface area is 74.9 Å². The second kappa shape index (κ2) is 3.97. The minimum atomic E-state index is -0.913. The monoisotopic (exact) mass is 185 g/mol. The van der Waals surface area contributed by atoms with Gasteiger partial charge in [-0.1, -0.05) is 17.7 Å². The first-order chi connectivity index (χ1) is 5.74. The number of carboxylic acids is 1. The van der Waals surface area contributed by atoms with Crippen molar-refractivity contribution in [2.45, 2.75) is 6.54 Å². The molecule has 12 heavy (non-hydrogen) atoms. The molecule has 0 fully saturated rings. The maximum Gasteiger partial charge on any atom is 0.337 e. The van der Waals surface area contributed by atoms with Gasteiger partial charge in [0.1, 0.15) is 0 Å². The van der Waals surface area contributed by atoms with Crippen LogP contribution in [-0.4, -0.2) is 15.6 Å². The molecule has 1 aromatic rings. The van der Waals surface area contributed by atoms with Gasteiger partial charge >= 0.3 is 5.97 Å². The molecule has 0 aliphatic carbocycles. The summed E-state index contributed by atoms with van der Waals surface area (Å²) in [5, 5.41) is 8.57. The van der Waals surface area contributed by atoms with Crippen LogP contribution >= 0.6 is 11.6 Å². The van der Waals surface area contributed by atoms with Crippen LogP contribution in [0.1, 0.15) is 10.4 Å². The molecule has 1 rings (SSSR count). The van der Waals surface area contributed by atoms with Crippen molar-refractivity contribution in [1.82, 2.24) is 4.57 Å². The van der Waals surface area contributed by atoms with E-state index < -0.39 is 5.97 Å². The highest BCUT2D eigenvalue weighted by molar-refractivity contribution is 6.25. The molecule has 0 aliphatic rings. The summed E-state index contributed by atoms with van der Waals surface area (Å²) in [7, 11) is 0. The minimum Gasteiger partial charge on any atom is -0.478 e. The molecule has 0 amide bonds. The van der Waals surface area contributed by atoms with E-state index >= 15 is 0 Å². The van der Waals surface area contributed by atoms with Gasteiger partial charge in [0.05, 0.1) is 5.56 Å². The second-order valence-corrected chi connectivity index (χ2v) is 2.52. The predicted molar refractivity (Wildman–Crippen MR) is 46.4 cm³/mol. The number of carboxylic acid groups (broad SMARTS) is 1. The fourth-order valence-corrected chi connectivity index (χ4v) is 0.922. The maximum atomic E-state index is 10.4. The molecule has 0 bridgehead atoms. The molecule has 0 saturated carbocycles. The van der Waals surface area contributed by atoms with Crippen molar-refractivity contribution >= 4 is 17.6 Å². The summed E-state index contributed by atoms with van der Waals surface area (Å²) in [6.07, 6.45) is 4.98. The van der Waals surface area contributed by atoms with E-state index in [-0.39, 0.29) is 5.56 Å². The normalized spacial score (nSPS) is 10.8. The number of rotatable bonds is 3. The van der Waals surface area contributed by atoms with E-state index in [2.05, 4.69) is 0 Å². The van der Waals surface area contributed by atoms with E-state index in [0.29, 0.717) is 6.54 Å². The van der Waals surface area contributed by atoms with Gasteiger partial charge in [0, 0.05) is 24.5 Å². The van der Waals surface area contributed by atoms with Crippen LogP contribution in [0.4, 0.5) is 0 Å². The molecule has 4 heteroatoms. The summed E-state index contributed by atoms with van der Waals surface area (Å²) in [5.41, 5.74) is 1.69. The van der Waals surface area contributed by atoms with Crippen molar-refractivity contribution in [3.8, 4) is 0 Å². The Morgan fingerprint density at radius 3 is 3.00 bits per heavy atom. The molecule has 0 atom stereocenters. The van der Waals surface area contributed by atoms with E-state index in [9.17, 15) is 4.79 Å². The van der Waals surface area contributed by atoms with Crippen molar-refractivity contribution in [2.75, 3.05) is 0 Å². The maximum absolute atomic E-state index is 10.4. The molecule has 3 nitrogen and oxygen atoms in total. The first kappa shape index (κ1) is 8.87. The van der Waals surface area contributed by atoms with Gasteiger partial charge in [-0.05, 0) is 6.07 Å². The highest BCUT2D eigenvalue weighted by Gasteiger charge is 2.02. The molecule has 0 aromatic carbocycles. The third-order valence-electron chi connectivity index (χ3n) is 1.40. The fraction of sp³-hybridized carbons (Fsp3) is 0.125. The largest absolute Gasteiger partial charge is 0.478 e. The molecule has 0 aliphatic heterocycles. The van der Waals surface area contributed by atoms with Crippen molar-refractivity contribution in [2.24, 2.45) is 0 Å². The average Bonchev–Trinajstić information content (AvgIpc) is 2.48. The molecule has 0 radical (unpaired) electrons. The molecule has 0 unspecified atom stereocenters. The van der Waals surface area contributed by atoms with Gasteiger partial charge in [-0.25, -0.2) is 4.79 Å². The molecule has 1 heterocycles.